The van der Waals surface area contributed by atoms with Crippen LogP contribution in [0.2, 0.25) is 5.15 Å². The van der Waals surface area contributed by atoms with Gasteiger partial charge >= 0.3 is 0 Å². The number of halogens is 2. The summed E-state index contributed by atoms with van der Waals surface area (Å²) in [5.74, 6) is -0.428. The van der Waals surface area contributed by atoms with Crippen molar-refractivity contribution in [2.24, 2.45) is 0 Å². The standard InChI is InChI=1S/C19H15ClFN3O3/c1-11(25)24-12-6-7-15(13(21)10-12)26-17-8-9-23-19(20)18(17)27-16-5-3-2-4-14(16)22/h2-10H,22H2,1H3,(H,24,25). The van der Waals surface area contributed by atoms with Crippen LogP contribution in [-0.4, -0.2) is 10.9 Å². The molecule has 1 heterocycles. The van der Waals surface area contributed by atoms with E-state index in [2.05, 4.69) is 10.3 Å². The summed E-state index contributed by atoms with van der Waals surface area (Å²) in [6, 6.07) is 12.4. The van der Waals surface area contributed by atoms with E-state index in [1.807, 2.05) is 0 Å². The van der Waals surface area contributed by atoms with Crippen LogP contribution in [0.4, 0.5) is 15.8 Å². The molecule has 0 fully saturated rings. The molecule has 3 rings (SSSR count). The Balaban J connectivity index is 1.91. The number of para-hydroxylation sites is 2. The summed E-state index contributed by atoms with van der Waals surface area (Å²) in [5.41, 5.74) is 6.59. The maximum Gasteiger partial charge on any atom is 0.221 e. The van der Waals surface area contributed by atoms with E-state index in [0.29, 0.717) is 17.1 Å². The minimum Gasteiger partial charge on any atom is -0.450 e. The number of amides is 1. The Morgan fingerprint density at radius 3 is 2.59 bits per heavy atom. The van der Waals surface area contributed by atoms with Crippen molar-refractivity contribution in [1.82, 2.24) is 4.98 Å². The minimum atomic E-state index is -0.667. The molecule has 0 aliphatic carbocycles. The van der Waals surface area contributed by atoms with Gasteiger partial charge in [0.1, 0.15) is 0 Å². The van der Waals surface area contributed by atoms with Gasteiger partial charge in [-0.05, 0) is 24.3 Å². The number of nitrogens with two attached hydrogens (primary N) is 1. The first-order valence-corrected chi connectivity index (χ1v) is 8.23. The zero-order valence-corrected chi connectivity index (χ0v) is 15.0. The molecule has 0 saturated carbocycles. The van der Waals surface area contributed by atoms with E-state index in [4.69, 9.17) is 26.8 Å². The van der Waals surface area contributed by atoms with Crippen molar-refractivity contribution in [3.63, 3.8) is 0 Å². The number of nitrogens with one attached hydrogen (secondary N) is 1. The molecule has 1 amide bonds. The number of nitrogen functional groups attached to an aromatic ring is 1. The second-order valence-electron chi connectivity index (χ2n) is 5.50. The molecule has 0 unspecified atom stereocenters. The molecule has 0 atom stereocenters. The first-order valence-electron chi connectivity index (χ1n) is 7.86. The van der Waals surface area contributed by atoms with Gasteiger partial charge in [0.15, 0.2) is 28.2 Å². The molecule has 0 bridgehead atoms. The van der Waals surface area contributed by atoms with E-state index in [9.17, 15) is 9.18 Å². The van der Waals surface area contributed by atoms with Gasteiger partial charge in [-0.15, -0.1) is 0 Å². The Labute approximate surface area is 159 Å². The molecule has 27 heavy (non-hydrogen) atoms. The third kappa shape index (κ3) is 4.45. The summed E-state index contributed by atoms with van der Waals surface area (Å²) in [5, 5.41) is 2.53. The van der Waals surface area contributed by atoms with Crippen LogP contribution >= 0.6 is 11.6 Å². The van der Waals surface area contributed by atoms with E-state index in [1.165, 1.54) is 31.3 Å². The summed E-state index contributed by atoms with van der Waals surface area (Å²) in [6.07, 6.45) is 1.41. The lowest BCUT2D eigenvalue weighted by atomic mass is 10.3. The van der Waals surface area contributed by atoms with Crippen molar-refractivity contribution in [3.8, 4) is 23.0 Å². The highest BCUT2D eigenvalue weighted by Crippen LogP contribution is 2.41. The van der Waals surface area contributed by atoms with Crippen molar-refractivity contribution in [1.29, 1.82) is 0 Å². The van der Waals surface area contributed by atoms with Crippen LogP contribution in [0.25, 0.3) is 0 Å². The molecule has 0 aliphatic rings. The molecule has 0 spiro atoms. The maximum absolute atomic E-state index is 14.3. The predicted octanol–water partition coefficient (Wildman–Crippen LogP) is 5.00. The summed E-state index contributed by atoms with van der Waals surface area (Å²) in [4.78, 5) is 15.0. The van der Waals surface area contributed by atoms with Crippen molar-refractivity contribution in [2.75, 3.05) is 11.1 Å². The fourth-order valence-corrected chi connectivity index (χ4v) is 2.43. The van der Waals surface area contributed by atoms with Gasteiger partial charge in [-0.2, -0.15) is 0 Å². The number of rotatable bonds is 5. The van der Waals surface area contributed by atoms with Crippen molar-refractivity contribution in [3.05, 3.63) is 65.7 Å². The lowest BCUT2D eigenvalue weighted by Gasteiger charge is -2.14. The average Bonchev–Trinajstić information content (AvgIpc) is 2.61. The zero-order chi connectivity index (χ0) is 19.4. The molecule has 3 N–H and O–H groups in total. The van der Waals surface area contributed by atoms with Gasteiger partial charge in [0.25, 0.3) is 0 Å². The zero-order valence-electron chi connectivity index (χ0n) is 14.2. The van der Waals surface area contributed by atoms with Crippen LogP contribution in [0.3, 0.4) is 0 Å². The molecule has 1 aromatic heterocycles. The molecule has 0 saturated heterocycles. The molecule has 138 valence electrons. The highest BCUT2D eigenvalue weighted by Gasteiger charge is 2.16. The van der Waals surface area contributed by atoms with Gasteiger partial charge in [-0.25, -0.2) is 9.37 Å². The van der Waals surface area contributed by atoms with E-state index in [-0.39, 0.29) is 28.3 Å². The van der Waals surface area contributed by atoms with Crippen LogP contribution < -0.4 is 20.5 Å². The number of hydrogen-bond donors (Lipinski definition) is 2. The Hall–Kier alpha value is -3.32. The maximum atomic E-state index is 14.3. The normalized spacial score (nSPS) is 10.3. The molecular weight excluding hydrogens is 373 g/mol. The second kappa shape index (κ2) is 7.92. The Morgan fingerprint density at radius 2 is 1.89 bits per heavy atom. The number of aromatic nitrogens is 1. The number of carbonyl (C=O) groups excluding carboxylic acids is 1. The highest BCUT2D eigenvalue weighted by atomic mass is 35.5. The smallest absolute Gasteiger partial charge is 0.221 e. The molecule has 0 aliphatic heterocycles. The van der Waals surface area contributed by atoms with E-state index in [1.54, 1.807) is 24.3 Å². The quantitative estimate of drug-likeness (QED) is 0.475. The third-order valence-corrected chi connectivity index (χ3v) is 3.70. The van der Waals surface area contributed by atoms with Gasteiger partial charge < -0.3 is 20.5 Å². The van der Waals surface area contributed by atoms with Crippen LogP contribution in [-0.2, 0) is 4.79 Å². The van der Waals surface area contributed by atoms with Gasteiger partial charge in [0.05, 0.1) is 5.69 Å². The Kier molecular flexibility index (Phi) is 5.42. The largest absolute Gasteiger partial charge is 0.450 e. The molecule has 8 heteroatoms. The first-order chi connectivity index (χ1) is 12.9. The highest BCUT2D eigenvalue weighted by molar-refractivity contribution is 6.31. The minimum absolute atomic E-state index is 0.0334. The van der Waals surface area contributed by atoms with E-state index in [0.717, 1.165) is 6.07 Å². The lowest BCUT2D eigenvalue weighted by molar-refractivity contribution is -0.114. The fourth-order valence-electron chi connectivity index (χ4n) is 2.25. The molecule has 0 radical (unpaired) electrons. The molecule has 2 aromatic carbocycles. The molecule has 6 nitrogen and oxygen atoms in total. The number of anilines is 2. The number of hydrogen-bond acceptors (Lipinski definition) is 5. The van der Waals surface area contributed by atoms with Crippen molar-refractivity contribution in [2.45, 2.75) is 6.92 Å². The number of nitrogens with zero attached hydrogens (tertiary/aromatic N) is 1. The predicted molar refractivity (Wildman–Crippen MR) is 101 cm³/mol. The van der Waals surface area contributed by atoms with Crippen LogP contribution in [0.15, 0.2) is 54.7 Å². The van der Waals surface area contributed by atoms with Crippen LogP contribution in [0.5, 0.6) is 23.0 Å². The monoisotopic (exact) mass is 387 g/mol. The average molecular weight is 388 g/mol. The molecular formula is C19H15ClFN3O3. The van der Waals surface area contributed by atoms with Gasteiger partial charge in [-0.1, -0.05) is 23.7 Å². The third-order valence-electron chi connectivity index (χ3n) is 3.43. The topological polar surface area (TPSA) is 86.5 Å². The summed E-state index contributed by atoms with van der Waals surface area (Å²) in [6.45, 7) is 1.33. The van der Waals surface area contributed by atoms with Crippen LogP contribution in [0, 0.1) is 5.82 Å². The number of benzene rings is 2. The summed E-state index contributed by atoms with van der Waals surface area (Å²) < 4.78 is 25.7. The van der Waals surface area contributed by atoms with E-state index >= 15 is 0 Å². The lowest BCUT2D eigenvalue weighted by Crippen LogP contribution is -2.06. The van der Waals surface area contributed by atoms with Crippen molar-refractivity contribution >= 4 is 28.9 Å². The second-order valence-corrected chi connectivity index (χ2v) is 5.86. The fraction of sp³-hybridized carbons (Fsp3) is 0.0526. The summed E-state index contributed by atoms with van der Waals surface area (Å²) >= 11 is 6.12. The Morgan fingerprint density at radius 1 is 1.11 bits per heavy atom. The summed E-state index contributed by atoms with van der Waals surface area (Å²) in [7, 11) is 0. The number of pyridine rings is 1. The molecule has 3 aromatic rings. The van der Waals surface area contributed by atoms with Gasteiger partial charge in [-0.3, -0.25) is 4.79 Å². The Bertz CT molecular complexity index is 998. The van der Waals surface area contributed by atoms with Gasteiger partial charge in [0, 0.05) is 30.9 Å². The van der Waals surface area contributed by atoms with Crippen molar-refractivity contribution < 1.29 is 18.7 Å². The van der Waals surface area contributed by atoms with Gasteiger partial charge in [0.2, 0.25) is 11.7 Å². The SMILES string of the molecule is CC(=O)Nc1ccc(Oc2ccnc(Cl)c2Oc2ccccc2N)c(F)c1. The first kappa shape index (κ1) is 18.5. The van der Waals surface area contributed by atoms with Crippen LogP contribution in [0.1, 0.15) is 6.92 Å². The van der Waals surface area contributed by atoms with E-state index < -0.39 is 5.82 Å². The number of ether oxygens (including phenoxy) is 2. The number of carbonyl (C=O) groups is 1.